The van der Waals surface area contributed by atoms with Gasteiger partial charge < -0.3 is 10.5 Å². The lowest BCUT2D eigenvalue weighted by Crippen LogP contribution is -2.19. The first kappa shape index (κ1) is 12.4. The minimum absolute atomic E-state index is 0.108. The number of hydrogen-bond acceptors (Lipinski definition) is 3. The molecule has 0 aliphatic rings. The quantitative estimate of drug-likeness (QED) is 0.816. The Balaban J connectivity index is 3.20. The molecule has 90 valence electrons. The molecule has 0 saturated heterocycles. The Morgan fingerprint density at radius 1 is 1.31 bits per heavy atom. The van der Waals surface area contributed by atoms with E-state index in [1.165, 1.54) is 0 Å². The van der Waals surface area contributed by atoms with Gasteiger partial charge in [0.2, 0.25) is 0 Å². The molecule has 1 heterocycles. The lowest BCUT2D eigenvalue weighted by Gasteiger charge is -2.12. The van der Waals surface area contributed by atoms with Crippen LogP contribution in [0.5, 0.6) is 5.75 Å². The maximum Gasteiger partial charge on any atom is 0.573 e. The summed E-state index contributed by atoms with van der Waals surface area (Å²) in [6.45, 7) is 0. The normalized spacial score (nSPS) is 11.9. The number of nitrogens with two attached hydrogens (primary N) is 1. The number of alkyl halides is 5. The molecule has 0 amide bonds. The molecular weight excluding hydrogens is 242 g/mol. The summed E-state index contributed by atoms with van der Waals surface area (Å²) in [6.07, 6.45) is -8.58. The second-order valence-electron chi connectivity index (χ2n) is 2.59. The van der Waals surface area contributed by atoms with Gasteiger partial charge in [-0.2, -0.15) is 0 Å². The van der Waals surface area contributed by atoms with Gasteiger partial charge >= 0.3 is 6.36 Å². The summed E-state index contributed by atoms with van der Waals surface area (Å²) < 4.78 is 75.7. The zero-order valence-corrected chi connectivity index (χ0v) is 7.36. The van der Waals surface area contributed by atoms with Crippen molar-refractivity contribution in [3.8, 4) is 5.75 Å². The second-order valence-corrected chi connectivity index (χ2v) is 2.59. The summed E-state index contributed by atoms with van der Waals surface area (Å²) >= 11 is 0. The van der Waals surface area contributed by atoms with Gasteiger partial charge in [0.05, 0.1) is 0 Å². The van der Waals surface area contributed by atoms with Crippen LogP contribution in [0.15, 0.2) is 6.07 Å². The fraction of sp³-hybridized carbons (Fsp3) is 0.286. The van der Waals surface area contributed by atoms with Gasteiger partial charge in [-0.3, -0.25) is 0 Å². The molecular formula is C7H4F6N2O. The van der Waals surface area contributed by atoms with Gasteiger partial charge in [0.15, 0.2) is 23.1 Å². The van der Waals surface area contributed by atoms with Crippen LogP contribution in [0.25, 0.3) is 0 Å². The minimum Gasteiger partial charge on any atom is -0.403 e. The van der Waals surface area contributed by atoms with E-state index in [9.17, 15) is 26.3 Å². The molecule has 0 saturated carbocycles. The Morgan fingerprint density at radius 2 is 1.88 bits per heavy atom. The molecule has 0 fully saturated rings. The minimum atomic E-state index is -5.21. The maximum absolute atomic E-state index is 12.7. The molecule has 0 aromatic carbocycles. The van der Waals surface area contributed by atoms with E-state index in [2.05, 4.69) is 9.72 Å². The van der Waals surface area contributed by atoms with Crippen LogP contribution in [0.3, 0.4) is 0 Å². The molecule has 0 aliphatic carbocycles. The highest BCUT2D eigenvalue weighted by Gasteiger charge is 2.34. The van der Waals surface area contributed by atoms with Gasteiger partial charge in [0.1, 0.15) is 0 Å². The van der Waals surface area contributed by atoms with Crippen LogP contribution in [0, 0.1) is 5.82 Å². The third-order valence-corrected chi connectivity index (χ3v) is 1.43. The van der Waals surface area contributed by atoms with Crippen LogP contribution in [0.4, 0.5) is 32.2 Å². The first-order chi connectivity index (χ1) is 7.20. The molecule has 1 aromatic rings. The second kappa shape index (κ2) is 4.06. The van der Waals surface area contributed by atoms with Gasteiger partial charge in [-0.1, -0.05) is 0 Å². The van der Waals surface area contributed by atoms with Crippen molar-refractivity contribution in [3.05, 3.63) is 17.6 Å². The van der Waals surface area contributed by atoms with Crippen molar-refractivity contribution < 1.29 is 31.1 Å². The van der Waals surface area contributed by atoms with E-state index in [0.717, 1.165) is 0 Å². The van der Waals surface area contributed by atoms with Crippen molar-refractivity contribution in [2.45, 2.75) is 12.8 Å². The van der Waals surface area contributed by atoms with Crippen LogP contribution in [0.1, 0.15) is 12.1 Å². The number of anilines is 1. The zero-order chi connectivity index (χ0) is 12.5. The lowest BCUT2D eigenvalue weighted by molar-refractivity contribution is -0.275. The highest BCUT2D eigenvalue weighted by Crippen LogP contribution is 2.33. The summed E-state index contributed by atoms with van der Waals surface area (Å²) in [5.74, 6) is -3.71. The van der Waals surface area contributed by atoms with Gasteiger partial charge in [-0.25, -0.2) is 18.2 Å². The molecule has 1 aromatic heterocycles. The van der Waals surface area contributed by atoms with E-state index < -0.39 is 35.9 Å². The van der Waals surface area contributed by atoms with E-state index in [1.807, 2.05) is 0 Å². The average molecular weight is 246 g/mol. The highest BCUT2D eigenvalue weighted by atomic mass is 19.4. The van der Waals surface area contributed by atoms with E-state index in [-0.39, 0.29) is 6.07 Å². The van der Waals surface area contributed by atoms with Crippen molar-refractivity contribution in [1.29, 1.82) is 0 Å². The number of aromatic nitrogens is 1. The van der Waals surface area contributed by atoms with Crippen LogP contribution in [-0.4, -0.2) is 11.3 Å². The van der Waals surface area contributed by atoms with Crippen LogP contribution in [-0.2, 0) is 0 Å². The molecule has 0 unspecified atom stereocenters. The first-order valence-corrected chi connectivity index (χ1v) is 3.70. The van der Waals surface area contributed by atoms with Crippen molar-refractivity contribution in [2.75, 3.05) is 5.73 Å². The molecule has 2 N–H and O–H groups in total. The first-order valence-electron chi connectivity index (χ1n) is 3.70. The average Bonchev–Trinajstić information content (AvgIpc) is 2.07. The topological polar surface area (TPSA) is 48.1 Å². The molecule has 0 atom stereocenters. The zero-order valence-electron chi connectivity index (χ0n) is 7.36. The summed E-state index contributed by atoms with van der Waals surface area (Å²) in [6, 6.07) is 0.108. The number of ether oxygens (including phenoxy) is 1. The molecule has 3 nitrogen and oxygen atoms in total. The summed E-state index contributed by atoms with van der Waals surface area (Å²) in [5, 5.41) is 0. The van der Waals surface area contributed by atoms with E-state index in [0.29, 0.717) is 0 Å². The number of nitrogen functional groups attached to an aromatic ring is 1. The van der Waals surface area contributed by atoms with E-state index >= 15 is 0 Å². The highest BCUT2D eigenvalue weighted by molar-refractivity contribution is 5.40. The van der Waals surface area contributed by atoms with Gasteiger partial charge in [0, 0.05) is 6.07 Å². The summed E-state index contributed by atoms with van der Waals surface area (Å²) in [7, 11) is 0. The van der Waals surface area contributed by atoms with E-state index in [1.54, 1.807) is 0 Å². The molecule has 16 heavy (non-hydrogen) atoms. The number of nitrogens with zero attached hydrogens (tertiary/aromatic N) is 1. The summed E-state index contributed by atoms with van der Waals surface area (Å²) in [4.78, 5) is 2.78. The SMILES string of the molecule is Nc1nc(C(F)F)c(OC(F)(F)F)cc1F. The monoisotopic (exact) mass is 246 g/mol. The van der Waals surface area contributed by atoms with Crippen LogP contribution >= 0.6 is 0 Å². The number of halogens is 6. The predicted octanol–water partition coefficient (Wildman–Crippen LogP) is 2.64. The Labute approximate surface area is 84.8 Å². The molecule has 0 aliphatic heterocycles. The van der Waals surface area contributed by atoms with Crippen LogP contribution < -0.4 is 10.5 Å². The fourth-order valence-electron chi connectivity index (χ4n) is 0.864. The van der Waals surface area contributed by atoms with Gasteiger partial charge in [-0.15, -0.1) is 13.2 Å². The van der Waals surface area contributed by atoms with Crippen molar-refractivity contribution in [3.63, 3.8) is 0 Å². The lowest BCUT2D eigenvalue weighted by atomic mass is 10.3. The molecule has 9 heteroatoms. The third-order valence-electron chi connectivity index (χ3n) is 1.43. The van der Waals surface area contributed by atoms with Crippen LogP contribution in [0.2, 0.25) is 0 Å². The molecule has 0 radical (unpaired) electrons. The third kappa shape index (κ3) is 2.91. The largest absolute Gasteiger partial charge is 0.573 e. The predicted molar refractivity (Wildman–Crippen MR) is 40.2 cm³/mol. The Hall–Kier alpha value is -1.67. The number of hydrogen-bond donors (Lipinski definition) is 1. The molecule has 0 spiro atoms. The maximum atomic E-state index is 12.7. The van der Waals surface area contributed by atoms with E-state index in [4.69, 9.17) is 5.73 Å². The number of rotatable bonds is 2. The van der Waals surface area contributed by atoms with Gasteiger partial charge in [0.25, 0.3) is 6.43 Å². The van der Waals surface area contributed by atoms with Crippen molar-refractivity contribution >= 4 is 5.82 Å². The smallest absolute Gasteiger partial charge is 0.403 e. The van der Waals surface area contributed by atoms with Crippen molar-refractivity contribution in [2.24, 2.45) is 0 Å². The van der Waals surface area contributed by atoms with Gasteiger partial charge in [-0.05, 0) is 0 Å². The molecule has 0 bridgehead atoms. The molecule has 1 rings (SSSR count). The number of pyridine rings is 1. The Kier molecular flexibility index (Phi) is 3.15. The van der Waals surface area contributed by atoms with Crippen molar-refractivity contribution in [1.82, 2.24) is 4.98 Å². The fourth-order valence-corrected chi connectivity index (χ4v) is 0.864. The Morgan fingerprint density at radius 3 is 2.31 bits per heavy atom. The standard InChI is InChI=1S/C7H4F6N2O/c8-2-1-3(16-7(11,12)13)4(5(9)10)15-6(2)14/h1,5H,(H2,14,15). The Bertz CT molecular complexity index is 391. The summed E-state index contributed by atoms with van der Waals surface area (Å²) in [5.41, 5.74) is 3.47.